The Morgan fingerprint density at radius 3 is 2.36 bits per heavy atom. The molecule has 3 atom stereocenters. The standard InChI is InChI=1S/C10H21N/c1-7(2)9-4-5-10(11)8(3)6-9/h7-10H,4-6,11H2,1-3H3/t8?,9-,10-/m1/s1. The molecule has 0 saturated heterocycles. The Labute approximate surface area is 70.4 Å². The molecule has 11 heavy (non-hydrogen) atoms. The molecule has 1 unspecified atom stereocenters. The molecule has 0 amide bonds. The molecule has 1 fully saturated rings. The second kappa shape index (κ2) is 3.57. The van der Waals surface area contributed by atoms with Crippen LogP contribution in [0.4, 0.5) is 0 Å². The van der Waals surface area contributed by atoms with E-state index >= 15 is 0 Å². The monoisotopic (exact) mass is 155 g/mol. The summed E-state index contributed by atoms with van der Waals surface area (Å²) in [7, 11) is 0. The highest BCUT2D eigenvalue weighted by atomic mass is 14.7. The van der Waals surface area contributed by atoms with E-state index in [4.69, 9.17) is 5.73 Å². The summed E-state index contributed by atoms with van der Waals surface area (Å²) in [5.74, 6) is 2.53. The van der Waals surface area contributed by atoms with E-state index in [1.807, 2.05) is 0 Å². The molecule has 0 bridgehead atoms. The third-order valence-electron chi connectivity index (χ3n) is 3.22. The zero-order valence-corrected chi connectivity index (χ0v) is 8.01. The molecule has 0 heterocycles. The van der Waals surface area contributed by atoms with Gasteiger partial charge in [-0.3, -0.25) is 0 Å². The Bertz CT molecular complexity index is 120. The molecule has 66 valence electrons. The maximum Gasteiger partial charge on any atom is 0.00647 e. The first-order chi connectivity index (χ1) is 5.11. The van der Waals surface area contributed by atoms with Crippen molar-refractivity contribution in [1.82, 2.24) is 0 Å². The van der Waals surface area contributed by atoms with Gasteiger partial charge in [-0.1, -0.05) is 20.8 Å². The molecule has 1 aliphatic carbocycles. The minimum atomic E-state index is 0.477. The van der Waals surface area contributed by atoms with Crippen LogP contribution in [0, 0.1) is 17.8 Å². The Balaban J connectivity index is 2.40. The van der Waals surface area contributed by atoms with Crippen LogP contribution in [0.1, 0.15) is 40.0 Å². The molecule has 0 aliphatic heterocycles. The van der Waals surface area contributed by atoms with Gasteiger partial charge in [0.1, 0.15) is 0 Å². The zero-order chi connectivity index (χ0) is 8.43. The third-order valence-corrected chi connectivity index (χ3v) is 3.22. The number of rotatable bonds is 1. The molecule has 1 nitrogen and oxygen atoms in total. The Hall–Kier alpha value is -0.0400. The van der Waals surface area contributed by atoms with E-state index in [0.29, 0.717) is 6.04 Å². The fraction of sp³-hybridized carbons (Fsp3) is 1.00. The first-order valence-electron chi connectivity index (χ1n) is 4.87. The van der Waals surface area contributed by atoms with Gasteiger partial charge in [0.25, 0.3) is 0 Å². The molecular weight excluding hydrogens is 134 g/mol. The second-order valence-corrected chi connectivity index (χ2v) is 4.46. The van der Waals surface area contributed by atoms with Crippen LogP contribution in [0.2, 0.25) is 0 Å². The molecule has 0 aromatic rings. The molecule has 0 aromatic heterocycles. The van der Waals surface area contributed by atoms with Crippen LogP contribution in [0.5, 0.6) is 0 Å². The van der Waals surface area contributed by atoms with Crippen molar-refractivity contribution < 1.29 is 0 Å². The van der Waals surface area contributed by atoms with Gasteiger partial charge in [0.2, 0.25) is 0 Å². The molecule has 1 saturated carbocycles. The van der Waals surface area contributed by atoms with Gasteiger partial charge in [-0.05, 0) is 37.0 Å². The average Bonchev–Trinajstić information content (AvgIpc) is 1.94. The lowest BCUT2D eigenvalue weighted by Gasteiger charge is -2.33. The minimum Gasteiger partial charge on any atom is -0.327 e. The Morgan fingerprint density at radius 1 is 1.27 bits per heavy atom. The van der Waals surface area contributed by atoms with Crippen molar-refractivity contribution in [3.8, 4) is 0 Å². The maximum absolute atomic E-state index is 5.94. The summed E-state index contributed by atoms with van der Waals surface area (Å²) in [5.41, 5.74) is 5.94. The van der Waals surface area contributed by atoms with E-state index in [9.17, 15) is 0 Å². The largest absolute Gasteiger partial charge is 0.327 e. The lowest BCUT2D eigenvalue weighted by molar-refractivity contribution is 0.202. The molecule has 2 N–H and O–H groups in total. The minimum absolute atomic E-state index is 0.477. The summed E-state index contributed by atoms with van der Waals surface area (Å²) < 4.78 is 0. The third kappa shape index (κ3) is 2.19. The average molecular weight is 155 g/mol. The van der Waals surface area contributed by atoms with E-state index in [2.05, 4.69) is 20.8 Å². The molecular formula is C10H21N. The molecule has 0 aromatic carbocycles. The second-order valence-electron chi connectivity index (χ2n) is 4.46. The van der Waals surface area contributed by atoms with Crippen molar-refractivity contribution >= 4 is 0 Å². The summed E-state index contributed by atoms with van der Waals surface area (Å²) >= 11 is 0. The topological polar surface area (TPSA) is 26.0 Å². The molecule has 0 radical (unpaired) electrons. The SMILES string of the molecule is CC(C)[C@@H]1CC[C@@H](N)C(C)C1. The van der Waals surface area contributed by atoms with Gasteiger partial charge in [-0.25, -0.2) is 0 Å². The summed E-state index contributed by atoms with van der Waals surface area (Å²) in [4.78, 5) is 0. The fourth-order valence-electron chi connectivity index (χ4n) is 2.07. The number of hydrogen-bond acceptors (Lipinski definition) is 1. The van der Waals surface area contributed by atoms with E-state index < -0.39 is 0 Å². The van der Waals surface area contributed by atoms with Crippen LogP contribution >= 0.6 is 0 Å². The van der Waals surface area contributed by atoms with Gasteiger partial charge in [-0.2, -0.15) is 0 Å². The van der Waals surface area contributed by atoms with Crippen molar-refractivity contribution in [3.63, 3.8) is 0 Å². The van der Waals surface area contributed by atoms with Crippen LogP contribution in [0.25, 0.3) is 0 Å². The van der Waals surface area contributed by atoms with Gasteiger partial charge in [0.15, 0.2) is 0 Å². The maximum atomic E-state index is 5.94. The van der Waals surface area contributed by atoms with Gasteiger partial charge in [0, 0.05) is 6.04 Å². The summed E-state index contributed by atoms with van der Waals surface area (Å²) in [6, 6.07) is 0.477. The van der Waals surface area contributed by atoms with Crippen molar-refractivity contribution in [2.75, 3.05) is 0 Å². The van der Waals surface area contributed by atoms with Crippen LogP contribution in [-0.4, -0.2) is 6.04 Å². The Morgan fingerprint density at radius 2 is 1.91 bits per heavy atom. The highest BCUT2D eigenvalue weighted by Crippen LogP contribution is 2.32. The first-order valence-corrected chi connectivity index (χ1v) is 4.87. The smallest absolute Gasteiger partial charge is 0.00647 e. The first kappa shape index (κ1) is 9.05. The quantitative estimate of drug-likeness (QED) is 0.618. The van der Waals surface area contributed by atoms with Crippen LogP contribution < -0.4 is 5.73 Å². The van der Waals surface area contributed by atoms with Gasteiger partial charge >= 0.3 is 0 Å². The van der Waals surface area contributed by atoms with E-state index in [1.54, 1.807) is 0 Å². The summed E-state index contributed by atoms with van der Waals surface area (Å²) in [6.07, 6.45) is 3.94. The van der Waals surface area contributed by atoms with E-state index in [1.165, 1.54) is 19.3 Å². The zero-order valence-electron chi connectivity index (χ0n) is 8.01. The summed E-state index contributed by atoms with van der Waals surface area (Å²) in [6.45, 7) is 6.95. The number of hydrogen-bond donors (Lipinski definition) is 1. The predicted octanol–water partition coefficient (Wildman–Crippen LogP) is 2.41. The van der Waals surface area contributed by atoms with Gasteiger partial charge in [0.05, 0.1) is 0 Å². The van der Waals surface area contributed by atoms with Gasteiger partial charge in [-0.15, -0.1) is 0 Å². The van der Waals surface area contributed by atoms with Crippen molar-refractivity contribution in [2.45, 2.75) is 46.1 Å². The highest BCUT2D eigenvalue weighted by molar-refractivity contribution is 4.80. The van der Waals surface area contributed by atoms with Crippen molar-refractivity contribution in [3.05, 3.63) is 0 Å². The summed E-state index contributed by atoms with van der Waals surface area (Å²) in [5, 5.41) is 0. The number of nitrogens with two attached hydrogens (primary N) is 1. The van der Waals surface area contributed by atoms with Gasteiger partial charge < -0.3 is 5.73 Å². The molecule has 1 rings (SSSR count). The van der Waals surface area contributed by atoms with Crippen molar-refractivity contribution in [1.29, 1.82) is 0 Å². The Kier molecular flexibility index (Phi) is 2.94. The lowest BCUT2D eigenvalue weighted by atomic mass is 9.75. The van der Waals surface area contributed by atoms with Crippen LogP contribution in [0.3, 0.4) is 0 Å². The predicted molar refractivity (Wildman–Crippen MR) is 49.3 cm³/mol. The van der Waals surface area contributed by atoms with Crippen molar-refractivity contribution in [2.24, 2.45) is 23.5 Å². The lowest BCUT2D eigenvalue weighted by Crippen LogP contribution is -2.35. The van der Waals surface area contributed by atoms with E-state index in [-0.39, 0.29) is 0 Å². The van der Waals surface area contributed by atoms with Crippen LogP contribution in [0.15, 0.2) is 0 Å². The fourth-order valence-corrected chi connectivity index (χ4v) is 2.07. The van der Waals surface area contributed by atoms with Crippen LogP contribution in [-0.2, 0) is 0 Å². The van der Waals surface area contributed by atoms with E-state index in [0.717, 1.165) is 17.8 Å². The normalized spacial score (nSPS) is 39.5. The molecule has 0 spiro atoms. The molecule has 1 aliphatic rings. The molecule has 1 heteroatoms. The highest BCUT2D eigenvalue weighted by Gasteiger charge is 2.26.